The van der Waals surface area contributed by atoms with E-state index >= 15 is 0 Å². The molecule has 7 heteroatoms. The van der Waals surface area contributed by atoms with Gasteiger partial charge in [0, 0.05) is 17.3 Å². The number of halogens is 1. The minimum absolute atomic E-state index is 0.128. The predicted molar refractivity (Wildman–Crippen MR) is 80.7 cm³/mol. The highest BCUT2D eigenvalue weighted by Gasteiger charge is 2.20. The molecule has 0 aliphatic carbocycles. The summed E-state index contributed by atoms with van der Waals surface area (Å²) in [6.45, 7) is -0.292. The number of carbonyl (C=O) groups excluding carboxylic acids is 3. The molecule has 4 N–H and O–H groups in total. The summed E-state index contributed by atoms with van der Waals surface area (Å²) in [4.78, 5) is 33.8. The Bertz CT molecular complexity index is 534. The lowest BCUT2D eigenvalue weighted by atomic mass is 10.0. The molecule has 0 aliphatic rings. The van der Waals surface area contributed by atoms with Crippen LogP contribution in [0.25, 0.3) is 0 Å². The van der Waals surface area contributed by atoms with Crippen LogP contribution in [0.3, 0.4) is 0 Å². The molecule has 114 valence electrons. The second kappa shape index (κ2) is 8.53. The zero-order valence-corrected chi connectivity index (χ0v) is 12.9. The fourth-order valence-corrected chi connectivity index (χ4v) is 2.19. The first-order valence-electron chi connectivity index (χ1n) is 6.36. The first-order valence-corrected chi connectivity index (χ1v) is 7.48. The fourth-order valence-electron chi connectivity index (χ4n) is 1.84. The van der Waals surface area contributed by atoms with Gasteiger partial charge < -0.3 is 21.0 Å². The molecular weight excluding hydrogens is 340 g/mol. The Kier molecular flexibility index (Phi) is 7.04. The van der Waals surface area contributed by atoms with E-state index in [2.05, 4.69) is 21.2 Å². The monoisotopic (exact) mass is 356 g/mol. The Labute approximate surface area is 130 Å². The molecule has 1 aromatic rings. The van der Waals surface area contributed by atoms with E-state index in [1.165, 1.54) is 0 Å². The zero-order valence-electron chi connectivity index (χ0n) is 11.3. The summed E-state index contributed by atoms with van der Waals surface area (Å²) < 4.78 is 0. The van der Waals surface area contributed by atoms with E-state index in [1.54, 1.807) is 18.2 Å². The quantitative estimate of drug-likeness (QED) is 0.468. The highest BCUT2D eigenvalue weighted by Crippen LogP contribution is 2.15. The minimum Gasteiger partial charge on any atom is -0.392 e. The van der Waals surface area contributed by atoms with Gasteiger partial charge in [-0.3, -0.25) is 9.59 Å². The lowest BCUT2D eigenvalue weighted by Crippen LogP contribution is -2.44. The van der Waals surface area contributed by atoms with Gasteiger partial charge in [-0.15, -0.1) is 0 Å². The van der Waals surface area contributed by atoms with Crippen molar-refractivity contribution in [2.75, 3.05) is 0 Å². The molecule has 1 rings (SSSR count). The predicted octanol–water partition coefficient (Wildman–Crippen LogP) is 0.637. The molecule has 21 heavy (non-hydrogen) atoms. The van der Waals surface area contributed by atoms with Crippen LogP contribution in [0.15, 0.2) is 18.2 Å². The first-order chi connectivity index (χ1) is 10.0. The van der Waals surface area contributed by atoms with Gasteiger partial charge in [0.2, 0.25) is 5.91 Å². The number of aliphatic hydroxyl groups is 1. The number of nitrogens with two attached hydrogens (primary N) is 1. The number of aldehydes is 1. The average molecular weight is 357 g/mol. The van der Waals surface area contributed by atoms with Crippen molar-refractivity contribution in [3.05, 3.63) is 34.9 Å². The number of aliphatic hydroxyl groups excluding tert-OH is 1. The number of carbonyl (C=O) groups is 3. The van der Waals surface area contributed by atoms with Crippen molar-refractivity contribution in [1.29, 1.82) is 0 Å². The number of hydrogen-bond donors (Lipinski definition) is 3. The normalized spacial score (nSPS) is 11.7. The van der Waals surface area contributed by atoms with Gasteiger partial charge in [0.1, 0.15) is 12.3 Å². The Hall–Kier alpha value is -1.73. The Morgan fingerprint density at radius 1 is 1.43 bits per heavy atom. The Balaban J connectivity index is 2.91. The third-order valence-corrected chi connectivity index (χ3v) is 3.61. The van der Waals surface area contributed by atoms with Gasteiger partial charge in [-0.25, -0.2) is 0 Å². The van der Waals surface area contributed by atoms with Crippen molar-refractivity contribution in [2.24, 2.45) is 5.73 Å². The van der Waals surface area contributed by atoms with Crippen LogP contribution in [0.2, 0.25) is 0 Å². The summed E-state index contributed by atoms with van der Waals surface area (Å²) in [5, 5.41) is 12.4. The molecule has 0 saturated heterocycles. The highest BCUT2D eigenvalue weighted by atomic mass is 79.9. The molecule has 6 nitrogen and oxygen atoms in total. The van der Waals surface area contributed by atoms with Crippen molar-refractivity contribution in [3.63, 3.8) is 0 Å². The van der Waals surface area contributed by atoms with Gasteiger partial charge in [-0.2, -0.15) is 0 Å². The first kappa shape index (κ1) is 17.3. The van der Waals surface area contributed by atoms with Crippen molar-refractivity contribution in [3.8, 4) is 0 Å². The van der Waals surface area contributed by atoms with Crippen LogP contribution < -0.4 is 11.1 Å². The number of primary amides is 1. The van der Waals surface area contributed by atoms with Crippen molar-refractivity contribution in [2.45, 2.75) is 30.8 Å². The van der Waals surface area contributed by atoms with Crippen LogP contribution in [0.4, 0.5) is 0 Å². The van der Waals surface area contributed by atoms with Gasteiger partial charge >= 0.3 is 0 Å². The Morgan fingerprint density at radius 2 is 2.14 bits per heavy atom. The maximum Gasteiger partial charge on any atom is 0.252 e. The number of amides is 2. The van der Waals surface area contributed by atoms with Gasteiger partial charge in [0.05, 0.1) is 6.61 Å². The van der Waals surface area contributed by atoms with E-state index in [1.807, 2.05) is 0 Å². The van der Waals surface area contributed by atoms with E-state index in [9.17, 15) is 19.5 Å². The second-order valence-corrected chi connectivity index (χ2v) is 5.02. The molecule has 0 radical (unpaired) electrons. The Morgan fingerprint density at radius 3 is 2.67 bits per heavy atom. The molecule has 0 spiro atoms. The summed E-state index contributed by atoms with van der Waals surface area (Å²) >= 11 is 3.29. The summed E-state index contributed by atoms with van der Waals surface area (Å²) in [6.07, 6.45) is 0.938. The molecule has 0 aliphatic heterocycles. The van der Waals surface area contributed by atoms with Crippen LogP contribution in [0.5, 0.6) is 0 Å². The summed E-state index contributed by atoms with van der Waals surface area (Å²) in [5.74, 6) is -1.21. The molecule has 0 fully saturated rings. The van der Waals surface area contributed by atoms with E-state index < -0.39 is 17.9 Å². The molecule has 1 aromatic carbocycles. The molecule has 1 unspecified atom stereocenters. The fraction of sp³-hybridized carbons (Fsp3) is 0.357. The number of benzene rings is 1. The van der Waals surface area contributed by atoms with Gasteiger partial charge in [0.15, 0.2) is 0 Å². The largest absolute Gasteiger partial charge is 0.392 e. The van der Waals surface area contributed by atoms with Crippen LogP contribution in [-0.4, -0.2) is 29.2 Å². The lowest BCUT2D eigenvalue weighted by molar-refractivity contribution is -0.120. The SMILES string of the molecule is NC(=O)C(CCC=O)NC(=O)c1ccc(CBr)cc1CO. The average Bonchev–Trinajstić information content (AvgIpc) is 2.50. The molecule has 0 heterocycles. The third-order valence-electron chi connectivity index (χ3n) is 2.96. The van der Waals surface area contributed by atoms with E-state index in [0.717, 1.165) is 5.56 Å². The smallest absolute Gasteiger partial charge is 0.252 e. The number of nitrogens with one attached hydrogen (secondary N) is 1. The standard InChI is InChI=1S/C14H17BrN2O4/c15-7-9-3-4-11(10(6-9)8-19)14(21)17-12(13(16)20)2-1-5-18/h3-6,12,19H,1-2,7-8H2,(H2,16,20)(H,17,21). The van der Waals surface area contributed by atoms with Crippen molar-refractivity contribution in [1.82, 2.24) is 5.32 Å². The maximum atomic E-state index is 12.2. The van der Waals surface area contributed by atoms with Crippen LogP contribution in [-0.2, 0) is 21.5 Å². The van der Waals surface area contributed by atoms with Crippen LogP contribution in [0.1, 0.15) is 34.3 Å². The maximum absolute atomic E-state index is 12.2. The van der Waals surface area contributed by atoms with E-state index in [0.29, 0.717) is 17.2 Å². The summed E-state index contributed by atoms with van der Waals surface area (Å²) in [7, 11) is 0. The molecule has 0 saturated carbocycles. The number of rotatable bonds is 8. The van der Waals surface area contributed by atoms with Gasteiger partial charge in [0.25, 0.3) is 5.91 Å². The van der Waals surface area contributed by atoms with Crippen LogP contribution >= 0.6 is 15.9 Å². The third kappa shape index (κ3) is 4.95. The van der Waals surface area contributed by atoms with Crippen LogP contribution in [0, 0.1) is 0 Å². The highest BCUT2D eigenvalue weighted by molar-refractivity contribution is 9.08. The van der Waals surface area contributed by atoms with Gasteiger partial charge in [-0.1, -0.05) is 28.1 Å². The van der Waals surface area contributed by atoms with E-state index in [4.69, 9.17) is 5.73 Å². The lowest BCUT2D eigenvalue weighted by Gasteiger charge is -2.16. The molecule has 1 atom stereocenters. The van der Waals surface area contributed by atoms with E-state index in [-0.39, 0.29) is 25.0 Å². The zero-order chi connectivity index (χ0) is 15.8. The molecular formula is C14H17BrN2O4. The second-order valence-electron chi connectivity index (χ2n) is 4.46. The number of hydrogen-bond acceptors (Lipinski definition) is 4. The summed E-state index contributed by atoms with van der Waals surface area (Å²) in [5.41, 5.74) is 6.85. The topological polar surface area (TPSA) is 109 Å². The van der Waals surface area contributed by atoms with Gasteiger partial charge in [-0.05, 0) is 23.6 Å². The minimum atomic E-state index is -0.912. The van der Waals surface area contributed by atoms with Crippen molar-refractivity contribution < 1.29 is 19.5 Å². The molecule has 0 bridgehead atoms. The number of alkyl halides is 1. The summed E-state index contributed by atoms with van der Waals surface area (Å²) in [6, 6.07) is 4.11. The van der Waals surface area contributed by atoms with Crippen molar-refractivity contribution >= 4 is 34.0 Å². The molecule has 0 aromatic heterocycles. The molecule has 2 amide bonds.